The summed E-state index contributed by atoms with van der Waals surface area (Å²) in [5, 5.41) is 2.83. The summed E-state index contributed by atoms with van der Waals surface area (Å²) < 4.78 is 27.2. The molecule has 0 aliphatic carbocycles. The molecule has 0 aliphatic heterocycles. The highest BCUT2D eigenvalue weighted by Gasteiger charge is 2.23. The highest BCUT2D eigenvalue weighted by Crippen LogP contribution is 2.24. The van der Waals surface area contributed by atoms with Gasteiger partial charge in [-0.2, -0.15) is 0 Å². The maximum absolute atomic E-state index is 12.9. The standard InChI is InChI=1S/C21H28N2O3S/c1-3-5-6-10-13-21(24)22-18-14-16-20(17-15-18)27(25,26)23(4-2)19-11-8-7-9-12-19/h7-9,11-12,14-17H,3-6,10,13H2,1-2H3,(H,22,24). The van der Waals surface area contributed by atoms with Crippen LogP contribution in [0.25, 0.3) is 0 Å². The van der Waals surface area contributed by atoms with Crippen LogP contribution in [-0.4, -0.2) is 20.9 Å². The number of anilines is 2. The van der Waals surface area contributed by atoms with Gasteiger partial charge in [-0.15, -0.1) is 0 Å². The van der Waals surface area contributed by atoms with E-state index in [4.69, 9.17) is 0 Å². The summed E-state index contributed by atoms with van der Waals surface area (Å²) in [6.45, 7) is 4.27. The van der Waals surface area contributed by atoms with Crippen LogP contribution in [0.4, 0.5) is 11.4 Å². The van der Waals surface area contributed by atoms with Gasteiger partial charge < -0.3 is 5.32 Å². The number of sulfonamides is 1. The van der Waals surface area contributed by atoms with Crippen molar-refractivity contribution in [3.05, 3.63) is 54.6 Å². The van der Waals surface area contributed by atoms with E-state index < -0.39 is 10.0 Å². The number of carbonyl (C=O) groups excluding carboxylic acids is 1. The van der Waals surface area contributed by atoms with Gasteiger partial charge in [0, 0.05) is 18.7 Å². The zero-order valence-corrected chi connectivity index (χ0v) is 16.8. The molecular formula is C21H28N2O3S. The topological polar surface area (TPSA) is 66.5 Å². The summed E-state index contributed by atoms with van der Waals surface area (Å²) in [5.41, 5.74) is 1.24. The third-order valence-corrected chi connectivity index (χ3v) is 6.23. The van der Waals surface area contributed by atoms with Gasteiger partial charge in [-0.25, -0.2) is 8.42 Å². The van der Waals surface area contributed by atoms with Crippen molar-refractivity contribution in [2.24, 2.45) is 0 Å². The van der Waals surface area contributed by atoms with Crippen molar-refractivity contribution in [3.8, 4) is 0 Å². The fraction of sp³-hybridized carbons (Fsp3) is 0.381. The number of amides is 1. The Hall–Kier alpha value is -2.34. The number of nitrogens with one attached hydrogen (secondary N) is 1. The molecule has 0 aliphatic rings. The Morgan fingerprint density at radius 3 is 2.19 bits per heavy atom. The lowest BCUT2D eigenvalue weighted by atomic mass is 10.1. The Labute approximate surface area is 162 Å². The van der Waals surface area contributed by atoms with Crippen LogP contribution in [0.5, 0.6) is 0 Å². The number of carbonyl (C=O) groups is 1. The molecule has 27 heavy (non-hydrogen) atoms. The summed E-state index contributed by atoms with van der Waals surface area (Å²) in [7, 11) is -3.65. The first-order valence-electron chi connectivity index (χ1n) is 9.46. The summed E-state index contributed by atoms with van der Waals surface area (Å²) in [5.74, 6) is -0.0406. The van der Waals surface area contributed by atoms with Crippen molar-refractivity contribution in [1.29, 1.82) is 0 Å². The molecule has 2 aromatic rings. The maximum atomic E-state index is 12.9. The van der Waals surface area contributed by atoms with E-state index in [-0.39, 0.29) is 10.8 Å². The molecular weight excluding hydrogens is 360 g/mol. The number of nitrogens with zero attached hydrogens (tertiary/aromatic N) is 1. The molecule has 0 saturated carbocycles. The van der Waals surface area contributed by atoms with Crippen molar-refractivity contribution in [2.45, 2.75) is 50.8 Å². The van der Waals surface area contributed by atoms with Gasteiger partial charge in [0.2, 0.25) is 5.91 Å². The zero-order valence-electron chi connectivity index (χ0n) is 16.0. The first-order valence-corrected chi connectivity index (χ1v) is 10.9. The van der Waals surface area contributed by atoms with Crippen molar-refractivity contribution < 1.29 is 13.2 Å². The molecule has 146 valence electrons. The van der Waals surface area contributed by atoms with Crippen LogP contribution in [0, 0.1) is 0 Å². The molecule has 0 radical (unpaired) electrons. The second-order valence-corrected chi connectivity index (χ2v) is 8.25. The van der Waals surface area contributed by atoms with Crippen molar-refractivity contribution in [2.75, 3.05) is 16.2 Å². The second kappa shape index (κ2) is 10.1. The van der Waals surface area contributed by atoms with E-state index in [0.29, 0.717) is 24.3 Å². The average molecular weight is 389 g/mol. The normalized spacial score (nSPS) is 11.2. The maximum Gasteiger partial charge on any atom is 0.264 e. The minimum Gasteiger partial charge on any atom is -0.326 e. The van der Waals surface area contributed by atoms with E-state index in [2.05, 4.69) is 12.2 Å². The first-order chi connectivity index (χ1) is 13.0. The third-order valence-electron chi connectivity index (χ3n) is 4.31. The first kappa shape index (κ1) is 21.0. The lowest BCUT2D eigenvalue weighted by Crippen LogP contribution is -2.30. The highest BCUT2D eigenvalue weighted by atomic mass is 32.2. The van der Waals surface area contributed by atoms with Gasteiger partial charge in [-0.1, -0.05) is 44.4 Å². The van der Waals surface area contributed by atoms with Gasteiger partial charge in [0.25, 0.3) is 10.0 Å². The monoisotopic (exact) mass is 388 g/mol. The molecule has 0 saturated heterocycles. The number of para-hydroxylation sites is 1. The van der Waals surface area contributed by atoms with E-state index in [1.54, 1.807) is 31.2 Å². The van der Waals surface area contributed by atoms with Gasteiger partial charge in [0.15, 0.2) is 0 Å². The van der Waals surface area contributed by atoms with E-state index in [1.807, 2.05) is 18.2 Å². The highest BCUT2D eigenvalue weighted by molar-refractivity contribution is 7.92. The minimum absolute atomic E-state index is 0.0406. The number of unbranched alkanes of at least 4 members (excludes halogenated alkanes) is 3. The number of rotatable bonds is 10. The van der Waals surface area contributed by atoms with E-state index >= 15 is 0 Å². The van der Waals surface area contributed by atoms with Crippen molar-refractivity contribution in [1.82, 2.24) is 0 Å². The number of hydrogen-bond acceptors (Lipinski definition) is 3. The summed E-state index contributed by atoms with van der Waals surface area (Å²) in [6, 6.07) is 15.4. The van der Waals surface area contributed by atoms with Gasteiger partial charge in [-0.05, 0) is 49.7 Å². The minimum atomic E-state index is -3.65. The van der Waals surface area contributed by atoms with Gasteiger partial charge in [-0.3, -0.25) is 9.10 Å². The quantitative estimate of drug-likeness (QED) is 0.594. The Morgan fingerprint density at radius 1 is 0.926 bits per heavy atom. The summed E-state index contributed by atoms with van der Waals surface area (Å²) in [6.07, 6.45) is 4.67. The Kier molecular flexibility index (Phi) is 7.85. The van der Waals surface area contributed by atoms with Crippen LogP contribution in [0.2, 0.25) is 0 Å². The molecule has 0 fully saturated rings. The molecule has 0 atom stereocenters. The van der Waals surface area contributed by atoms with E-state index in [9.17, 15) is 13.2 Å². The van der Waals surface area contributed by atoms with Crippen LogP contribution in [0.15, 0.2) is 59.5 Å². The molecule has 5 nitrogen and oxygen atoms in total. The van der Waals surface area contributed by atoms with Gasteiger partial charge in [0.1, 0.15) is 0 Å². The third kappa shape index (κ3) is 5.82. The van der Waals surface area contributed by atoms with Crippen LogP contribution in [0.3, 0.4) is 0 Å². The summed E-state index contributed by atoms with van der Waals surface area (Å²) in [4.78, 5) is 12.2. The SMILES string of the molecule is CCCCCCC(=O)Nc1ccc(S(=O)(=O)N(CC)c2ccccc2)cc1. The van der Waals surface area contributed by atoms with Crippen LogP contribution in [-0.2, 0) is 14.8 Å². The summed E-state index contributed by atoms with van der Waals surface area (Å²) >= 11 is 0. The van der Waals surface area contributed by atoms with Crippen molar-refractivity contribution in [3.63, 3.8) is 0 Å². The van der Waals surface area contributed by atoms with Gasteiger partial charge in [0.05, 0.1) is 10.6 Å². The molecule has 0 aromatic heterocycles. The smallest absolute Gasteiger partial charge is 0.264 e. The fourth-order valence-electron chi connectivity index (χ4n) is 2.86. The predicted molar refractivity (Wildman–Crippen MR) is 110 cm³/mol. The lowest BCUT2D eigenvalue weighted by molar-refractivity contribution is -0.116. The number of hydrogen-bond donors (Lipinski definition) is 1. The molecule has 2 rings (SSSR count). The largest absolute Gasteiger partial charge is 0.326 e. The molecule has 1 N–H and O–H groups in total. The molecule has 0 heterocycles. The van der Waals surface area contributed by atoms with Crippen LogP contribution < -0.4 is 9.62 Å². The Bertz CT molecular complexity index is 818. The molecule has 0 spiro atoms. The van der Waals surface area contributed by atoms with Crippen molar-refractivity contribution >= 4 is 27.3 Å². The Morgan fingerprint density at radius 2 is 1.59 bits per heavy atom. The van der Waals surface area contributed by atoms with E-state index in [1.165, 1.54) is 16.4 Å². The molecule has 1 amide bonds. The second-order valence-electron chi connectivity index (χ2n) is 6.39. The molecule has 2 aromatic carbocycles. The van der Waals surface area contributed by atoms with Crippen LogP contribution in [0.1, 0.15) is 46.0 Å². The predicted octanol–water partition coefficient (Wildman–Crippen LogP) is 4.81. The molecule has 6 heteroatoms. The molecule has 0 bridgehead atoms. The lowest BCUT2D eigenvalue weighted by Gasteiger charge is -2.23. The van der Waals surface area contributed by atoms with E-state index in [0.717, 1.165) is 25.7 Å². The zero-order chi connectivity index (χ0) is 19.7. The fourth-order valence-corrected chi connectivity index (χ4v) is 4.33. The van der Waals surface area contributed by atoms with Crippen LogP contribution >= 0.6 is 0 Å². The van der Waals surface area contributed by atoms with Gasteiger partial charge >= 0.3 is 0 Å². The number of benzene rings is 2. The Balaban J connectivity index is 2.06. The molecule has 0 unspecified atom stereocenters. The average Bonchev–Trinajstić information content (AvgIpc) is 2.67.